The summed E-state index contributed by atoms with van der Waals surface area (Å²) < 4.78 is 5.19. The van der Waals surface area contributed by atoms with Gasteiger partial charge in [0.2, 0.25) is 0 Å². The summed E-state index contributed by atoms with van der Waals surface area (Å²) in [5, 5.41) is 9.07. The van der Waals surface area contributed by atoms with E-state index in [1.807, 2.05) is 0 Å². The summed E-state index contributed by atoms with van der Waals surface area (Å²) in [5.74, 6) is -1.67. The maximum absolute atomic E-state index is 12.0. The van der Waals surface area contributed by atoms with Crippen molar-refractivity contribution in [2.75, 3.05) is 6.61 Å². The molecule has 0 radical (unpaired) electrons. The highest BCUT2D eigenvalue weighted by Crippen LogP contribution is 2.11. The Morgan fingerprint density at radius 3 is 2.20 bits per heavy atom. The number of aromatic carboxylic acids is 1. The molecule has 0 amide bonds. The fourth-order valence-electron chi connectivity index (χ4n) is 2.54. The van der Waals surface area contributed by atoms with Gasteiger partial charge in [0, 0.05) is 0 Å². The standard InChI is InChI=1S/C21H30O4/c1-2-3-4-5-6-7-8-9-10-11-14-17-25-21(24)19-16-13-12-15-18(19)20(22)23/h5-6,12-13,15-16H,2-4,7-11,14,17H2,1H3,(H,22,23)/b6-5+. The third kappa shape index (κ3) is 9.08. The van der Waals surface area contributed by atoms with Gasteiger partial charge in [0.15, 0.2) is 0 Å². The Morgan fingerprint density at radius 2 is 1.52 bits per heavy atom. The Kier molecular flexibility index (Phi) is 11.1. The number of carboxylic acid groups (broad SMARTS) is 1. The molecule has 1 aromatic carbocycles. The van der Waals surface area contributed by atoms with Gasteiger partial charge in [-0.05, 0) is 37.8 Å². The van der Waals surface area contributed by atoms with Crippen LogP contribution in [0.15, 0.2) is 36.4 Å². The van der Waals surface area contributed by atoms with E-state index < -0.39 is 11.9 Å². The van der Waals surface area contributed by atoms with E-state index in [2.05, 4.69) is 19.1 Å². The first-order chi connectivity index (χ1) is 12.2. The molecule has 0 atom stereocenters. The number of unbranched alkanes of at least 4 members (excludes halogenated alkanes) is 7. The lowest BCUT2D eigenvalue weighted by molar-refractivity contribution is 0.0487. The largest absolute Gasteiger partial charge is 0.478 e. The van der Waals surface area contributed by atoms with E-state index in [1.54, 1.807) is 12.1 Å². The highest BCUT2D eigenvalue weighted by molar-refractivity contribution is 6.02. The second-order valence-corrected chi connectivity index (χ2v) is 6.16. The SMILES string of the molecule is CCCC/C=C/CCCCCCCOC(=O)c1ccccc1C(=O)O. The quantitative estimate of drug-likeness (QED) is 0.286. The normalized spacial score (nSPS) is 10.9. The van der Waals surface area contributed by atoms with Crippen LogP contribution in [0.3, 0.4) is 0 Å². The molecular formula is C21H30O4. The van der Waals surface area contributed by atoms with Crippen LogP contribution in [0.5, 0.6) is 0 Å². The van der Waals surface area contributed by atoms with Crippen LogP contribution in [0.1, 0.15) is 85.4 Å². The Balaban J connectivity index is 2.09. The van der Waals surface area contributed by atoms with Crippen LogP contribution in [0.2, 0.25) is 0 Å². The number of hydrogen-bond donors (Lipinski definition) is 1. The van der Waals surface area contributed by atoms with Crippen LogP contribution in [-0.4, -0.2) is 23.7 Å². The molecule has 4 nitrogen and oxygen atoms in total. The first kappa shape index (κ1) is 20.9. The molecule has 0 aromatic heterocycles. The molecule has 0 saturated heterocycles. The fourth-order valence-corrected chi connectivity index (χ4v) is 2.54. The van der Waals surface area contributed by atoms with Gasteiger partial charge >= 0.3 is 11.9 Å². The van der Waals surface area contributed by atoms with Gasteiger partial charge < -0.3 is 9.84 Å². The van der Waals surface area contributed by atoms with E-state index in [4.69, 9.17) is 9.84 Å². The summed E-state index contributed by atoms with van der Waals surface area (Å²) in [7, 11) is 0. The number of carbonyl (C=O) groups excluding carboxylic acids is 1. The number of hydrogen-bond acceptors (Lipinski definition) is 3. The van der Waals surface area contributed by atoms with Gasteiger partial charge in [-0.1, -0.05) is 63.3 Å². The lowest BCUT2D eigenvalue weighted by Crippen LogP contribution is -2.12. The maximum Gasteiger partial charge on any atom is 0.339 e. The highest BCUT2D eigenvalue weighted by Gasteiger charge is 2.16. The van der Waals surface area contributed by atoms with Crippen molar-refractivity contribution in [3.05, 3.63) is 47.5 Å². The first-order valence-electron chi connectivity index (χ1n) is 9.31. The van der Waals surface area contributed by atoms with Crippen LogP contribution in [0.4, 0.5) is 0 Å². The lowest BCUT2D eigenvalue weighted by atomic mass is 10.1. The molecule has 0 bridgehead atoms. The van der Waals surface area contributed by atoms with Crippen molar-refractivity contribution in [1.29, 1.82) is 0 Å². The van der Waals surface area contributed by atoms with Crippen LogP contribution in [0.25, 0.3) is 0 Å². The van der Waals surface area contributed by atoms with Gasteiger partial charge in [0.05, 0.1) is 17.7 Å². The molecule has 1 N–H and O–H groups in total. The van der Waals surface area contributed by atoms with Crippen molar-refractivity contribution in [2.24, 2.45) is 0 Å². The second-order valence-electron chi connectivity index (χ2n) is 6.16. The van der Waals surface area contributed by atoms with E-state index in [0.717, 1.165) is 25.7 Å². The smallest absolute Gasteiger partial charge is 0.339 e. The van der Waals surface area contributed by atoms with Crippen molar-refractivity contribution >= 4 is 11.9 Å². The van der Waals surface area contributed by atoms with E-state index in [-0.39, 0.29) is 11.1 Å². The van der Waals surface area contributed by atoms with E-state index >= 15 is 0 Å². The number of benzene rings is 1. The van der Waals surface area contributed by atoms with Crippen molar-refractivity contribution < 1.29 is 19.4 Å². The Bertz CT molecular complexity index is 549. The van der Waals surface area contributed by atoms with Gasteiger partial charge in [-0.2, -0.15) is 0 Å². The van der Waals surface area contributed by atoms with Crippen LogP contribution in [0, 0.1) is 0 Å². The number of rotatable bonds is 13. The zero-order chi connectivity index (χ0) is 18.3. The van der Waals surface area contributed by atoms with Crippen LogP contribution >= 0.6 is 0 Å². The first-order valence-corrected chi connectivity index (χ1v) is 9.31. The number of carbonyl (C=O) groups is 2. The van der Waals surface area contributed by atoms with Gasteiger partial charge in [-0.25, -0.2) is 9.59 Å². The van der Waals surface area contributed by atoms with Crippen molar-refractivity contribution in [3.8, 4) is 0 Å². The van der Waals surface area contributed by atoms with Crippen LogP contribution in [-0.2, 0) is 4.74 Å². The molecule has 1 rings (SSSR count). The van der Waals surface area contributed by atoms with Crippen LogP contribution < -0.4 is 0 Å². The Hall–Kier alpha value is -2.10. The Morgan fingerprint density at radius 1 is 0.920 bits per heavy atom. The Labute approximate surface area is 150 Å². The molecule has 0 fully saturated rings. The summed E-state index contributed by atoms with van der Waals surface area (Å²) >= 11 is 0. The summed E-state index contributed by atoms with van der Waals surface area (Å²) in [6, 6.07) is 6.13. The third-order valence-corrected chi connectivity index (χ3v) is 4.02. The van der Waals surface area contributed by atoms with Crippen molar-refractivity contribution in [2.45, 2.75) is 64.7 Å². The average molecular weight is 346 g/mol. The molecule has 4 heteroatoms. The number of ether oxygens (including phenoxy) is 1. The molecule has 1 aromatic rings. The van der Waals surface area contributed by atoms with E-state index in [9.17, 15) is 9.59 Å². The number of allylic oxidation sites excluding steroid dienone is 2. The third-order valence-electron chi connectivity index (χ3n) is 4.02. The summed E-state index contributed by atoms with van der Waals surface area (Å²) in [5.41, 5.74) is 0.101. The minimum atomic E-state index is -1.11. The molecule has 0 saturated carbocycles. The molecule has 0 heterocycles. The molecule has 138 valence electrons. The van der Waals surface area contributed by atoms with E-state index in [0.29, 0.717) is 6.61 Å². The van der Waals surface area contributed by atoms with E-state index in [1.165, 1.54) is 44.2 Å². The van der Waals surface area contributed by atoms with Crippen molar-refractivity contribution in [1.82, 2.24) is 0 Å². The second kappa shape index (κ2) is 13.2. The predicted octanol–water partition coefficient (Wildman–Crippen LogP) is 5.63. The van der Waals surface area contributed by atoms with Gasteiger partial charge in [0.25, 0.3) is 0 Å². The summed E-state index contributed by atoms with van der Waals surface area (Å²) in [6.45, 7) is 2.54. The zero-order valence-electron chi connectivity index (χ0n) is 15.2. The lowest BCUT2D eigenvalue weighted by Gasteiger charge is -2.07. The molecule has 0 aliphatic carbocycles. The minimum Gasteiger partial charge on any atom is -0.478 e. The summed E-state index contributed by atoms with van der Waals surface area (Å²) in [4.78, 5) is 23.0. The molecule has 0 unspecified atom stereocenters. The zero-order valence-corrected chi connectivity index (χ0v) is 15.2. The van der Waals surface area contributed by atoms with Gasteiger partial charge in [-0.15, -0.1) is 0 Å². The molecular weight excluding hydrogens is 316 g/mol. The molecule has 0 aliphatic heterocycles. The monoisotopic (exact) mass is 346 g/mol. The minimum absolute atomic E-state index is 0.0144. The van der Waals surface area contributed by atoms with Gasteiger partial charge in [-0.3, -0.25) is 0 Å². The number of carboxylic acids is 1. The molecule has 0 aliphatic rings. The molecule has 0 spiro atoms. The summed E-state index contributed by atoms with van der Waals surface area (Å²) in [6.07, 6.45) is 14.8. The predicted molar refractivity (Wildman–Crippen MR) is 100 cm³/mol. The maximum atomic E-state index is 12.0. The van der Waals surface area contributed by atoms with Crippen molar-refractivity contribution in [3.63, 3.8) is 0 Å². The topological polar surface area (TPSA) is 63.6 Å². The van der Waals surface area contributed by atoms with Gasteiger partial charge in [0.1, 0.15) is 0 Å². The molecule has 25 heavy (non-hydrogen) atoms. The average Bonchev–Trinajstić information content (AvgIpc) is 2.62. The highest BCUT2D eigenvalue weighted by atomic mass is 16.5. The fraction of sp³-hybridized carbons (Fsp3) is 0.524. The number of esters is 1.